The van der Waals surface area contributed by atoms with Gasteiger partial charge in [0.1, 0.15) is 0 Å². The molecule has 1 heterocycles. The van der Waals surface area contributed by atoms with Gasteiger partial charge >= 0.3 is 0 Å². The van der Waals surface area contributed by atoms with Crippen LogP contribution in [0.4, 0.5) is 0 Å². The molecule has 1 aromatic rings. The van der Waals surface area contributed by atoms with Crippen LogP contribution in [0.3, 0.4) is 0 Å². The normalized spacial score (nSPS) is 22.5. The number of rotatable bonds is 2. The number of aliphatic hydroxyl groups is 2. The smallest absolute Gasteiger partial charge is 0.0877 e. The molecule has 0 aromatic heterocycles. The first-order valence-electron chi connectivity index (χ1n) is 8.11. The second kappa shape index (κ2) is 10.3. The molecule has 0 saturated heterocycles. The van der Waals surface area contributed by atoms with E-state index >= 15 is 0 Å². The summed E-state index contributed by atoms with van der Waals surface area (Å²) in [6.07, 6.45) is 11.7. The van der Waals surface area contributed by atoms with Crippen LogP contribution in [0.15, 0.2) is 77.0 Å². The quantitative estimate of drug-likeness (QED) is 0.460. The molecule has 0 saturated carbocycles. The van der Waals surface area contributed by atoms with Gasteiger partial charge in [0.05, 0.1) is 17.9 Å². The summed E-state index contributed by atoms with van der Waals surface area (Å²) in [4.78, 5) is 4.83. The van der Waals surface area contributed by atoms with Crippen LogP contribution in [0.2, 0.25) is 0 Å². The minimum Gasteiger partial charge on any atom is -0.513 e. The zero-order chi connectivity index (χ0) is 17.5. The average Bonchev–Trinajstić information content (AvgIpc) is 2.54. The topological polar surface area (TPSA) is 52.8 Å². The summed E-state index contributed by atoms with van der Waals surface area (Å²) < 4.78 is 0. The standard InChI is InChI=1S/C16H14N.C5H10O2.Ir/c1-12-11-14-9-5-6-10-15(14)17-16(12)13-7-3-2-4-8-13;1-4(6)3-5(2)7;/h2-7,9-11,14-15H,1H3;3-4,6-7H,1-2H3;/q-1;;. The van der Waals surface area contributed by atoms with Crippen LogP contribution in [0.1, 0.15) is 26.3 Å². The Bertz CT molecular complexity index is 696. The number of benzene rings is 1. The summed E-state index contributed by atoms with van der Waals surface area (Å²) in [5.74, 6) is 0.586. The Kier molecular flexibility index (Phi) is 8.77. The first kappa shape index (κ1) is 21.3. The average molecular weight is 515 g/mol. The Hall–Kier alpha value is -1.74. The monoisotopic (exact) mass is 515 g/mol. The van der Waals surface area contributed by atoms with Gasteiger partial charge in [-0.05, 0) is 32.6 Å². The SMILES string of the molecule is CC(O)=CC(C)O.CC1=CC2C=CC=CC2N=C1c1[c-]cccc1.[Ir]. The van der Waals surface area contributed by atoms with E-state index < -0.39 is 6.10 Å². The molecule has 135 valence electrons. The Morgan fingerprint density at radius 2 is 2.00 bits per heavy atom. The summed E-state index contributed by atoms with van der Waals surface area (Å²) in [5, 5.41) is 16.9. The molecule has 3 nitrogen and oxygen atoms in total. The Balaban J connectivity index is 0.000000339. The van der Waals surface area contributed by atoms with Gasteiger partial charge < -0.3 is 15.2 Å². The molecule has 3 atom stereocenters. The van der Waals surface area contributed by atoms with Crippen LogP contribution >= 0.6 is 0 Å². The second-order valence-electron chi connectivity index (χ2n) is 5.99. The largest absolute Gasteiger partial charge is 0.513 e. The van der Waals surface area contributed by atoms with Gasteiger partial charge in [0.25, 0.3) is 0 Å². The van der Waals surface area contributed by atoms with E-state index in [-0.39, 0.29) is 31.9 Å². The number of dihydropyridines is 1. The third kappa shape index (κ3) is 6.58. The molecule has 1 aromatic carbocycles. The number of hydrogen-bond acceptors (Lipinski definition) is 3. The van der Waals surface area contributed by atoms with Crippen LogP contribution in [0, 0.1) is 12.0 Å². The number of hydrogen-bond donors (Lipinski definition) is 2. The van der Waals surface area contributed by atoms with Gasteiger partial charge in [0.15, 0.2) is 0 Å². The van der Waals surface area contributed by atoms with Crippen molar-refractivity contribution in [3.05, 3.63) is 83.7 Å². The summed E-state index contributed by atoms with van der Waals surface area (Å²) >= 11 is 0. The van der Waals surface area contributed by atoms with Crippen molar-refractivity contribution in [2.24, 2.45) is 10.9 Å². The van der Waals surface area contributed by atoms with Gasteiger partial charge in [-0.1, -0.05) is 36.0 Å². The molecule has 3 unspecified atom stereocenters. The van der Waals surface area contributed by atoms with E-state index in [1.807, 2.05) is 18.2 Å². The third-order valence-electron chi connectivity index (χ3n) is 3.69. The van der Waals surface area contributed by atoms with Crippen molar-refractivity contribution in [3.8, 4) is 0 Å². The molecule has 0 bridgehead atoms. The van der Waals surface area contributed by atoms with Gasteiger partial charge in [0, 0.05) is 26.0 Å². The zero-order valence-corrected chi connectivity index (χ0v) is 17.1. The molecule has 0 amide bonds. The summed E-state index contributed by atoms with van der Waals surface area (Å²) in [6.45, 7) is 5.23. The van der Waals surface area contributed by atoms with Crippen molar-refractivity contribution >= 4 is 5.71 Å². The van der Waals surface area contributed by atoms with E-state index in [1.54, 1.807) is 6.92 Å². The van der Waals surface area contributed by atoms with Crippen LogP contribution in [-0.2, 0) is 20.1 Å². The van der Waals surface area contributed by atoms with E-state index in [0.29, 0.717) is 5.92 Å². The molecule has 2 aliphatic rings. The molecule has 0 spiro atoms. The van der Waals surface area contributed by atoms with Crippen molar-refractivity contribution in [1.82, 2.24) is 0 Å². The first-order chi connectivity index (χ1) is 11.5. The molecular weight excluding hydrogens is 490 g/mol. The predicted octanol–water partition coefficient (Wildman–Crippen LogP) is 4.17. The number of allylic oxidation sites excluding steroid dienone is 4. The van der Waals surface area contributed by atoms with Crippen molar-refractivity contribution in [2.45, 2.75) is 32.9 Å². The minimum absolute atomic E-state index is 0. The number of nitrogens with zero attached hydrogens (tertiary/aromatic N) is 1. The molecule has 1 aliphatic carbocycles. The molecule has 3 rings (SSSR count). The van der Waals surface area contributed by atoms with E-state index in [1.165, 1.54) is 18.6 Å². The molecule has 4 heteroatoms. The van der Waals surface area contributed by atoms with Crippen LogP contribution in [0.25, 0.3) is 0 Å². The van der Waals surface area contributed by atoms with Crippen LogP contribution in [-0.4, -0.2) is 28.1 Å². The fourth-order valence-corrected chi connectivity index (χ4v) is 2.69. The van der Waals surface area contributed by atoms with Gasteiger partial charge in [-0.25, -0.2) is 0 Å². The van der Waals surface area contributed by atoms with Gasteiger partial charge in [-0.15, -0.1) is 35.9 Å². The maximum Gasteiger partial charge on any atom is 0.0877 e. The van der Waals surface area contributed by atoms with E-state index in [4.69, 9.17) is 15.2 Å². The Morgan fingerprint density at radius 1 is 1.28 bits per heavy atom. The minimum atomic E-state index is -0.537. The number of aliphatic hydroxyl groups excluding tert-OH is 2. The summed E-state index contributed by atoms with van der Waals surface area (Å²) in [7, 11) is 0. The second-order valence-corrected chi connectivity index (χ2v) is 5.99. The van der Waals surface area contributed by atoms with Crippen molar-refractivity contribution in [1.29, 1.82) is 0 Å². The van der Waals surface area contributed by atoms with E-state index in [9.17, 15) is 0 Å². The van der Waals surface area contributed by atoms with Gasteiger partial charge in [-0.3, -0.25) is 0 Å². The molecule has 25 heavy (non-hydrogen) atoms. The first-order valence-corrected chi connectivity index (χ1v) is 8.11. The fourth-order valence-electron chi connectivity index (χ4n) is 2.69. The Labute approximate surface area is 163 Å². The van der Waals surface area contributed by atoms with E-state index in [0.717, 1.165) is 11.3 Å². The van der Waals surface area contributed by atoms with Gasteiger partial charge in [0.2, 0.25) is 0 Å². The zero-order valence-electron chi connectivity index (χ0n) is 14.7. The Morgan fingerprint density at radius 3 is 2.56 bits per heavy atom. The van der Waals surface area contributed by atoms with Crippen molar-refractivity contribution in [2.75, 3.05) is 0 Å². The predicted molar refractivity (Wildman–Crippen MR) is 99.2 cm³/mol. The summed E-state index contributed by atoms with van der Waals surface area (Å²) in [5.41, 5.74) is 3.41. The summed E-state index contributed by atoms with van der Waals surface area (Å²) in [6, 6.07) is 11.5. The fraction of sp³-hybridized carbons (Fsp3) is 0.286. The molecular formula is C21H24IrNO2-. The number of fused-ring (bicyclic) bond motifs is 1. The van der Waals surface area contributed by atoms with Crippen molar-refractivity contribution < 1.29 is 30.3 Å². The molecule has 1 radical (unpaired) electrons. The van der Waals surface area contributed by atoms with Crippen LogP contribution in [0.5, 0.6) is 0 Å². The third-order valence-corrected chi connectivity index (χ3v) is 3.69. The van der Waals surface area contributed by atoms with E-state index in [2.05, 4.69) is 49.4 Å². The van der Waals surface area contributed by atoms with Crippen LogP contribution < -0.4 is 0 Å². The molecule has 2 N–H and O–H groups in total. The molecule has 1 aliphatic heterocycles. The maximum atomic E-state index is 8.49. The van der Waals surface area contributed by atoms with Crippen molar-refractivity contribution in [3.63, 3.8) is 0 Å². The van der Waals surface area contributed by atoms with Gasteiger partial charge in [-0.2, -0.15) is 0 Å². The number of aliphatic imine (C=N–C) groups is 1. The maximum absolute atomic E-state index is 8.49. The molecule has 0 fully saturated rings.